The number of nitrogens with one attached hydrogen (secondary N) is 1. The molecule has 2 unspecified atom stereocenters. The smallest absolute Gasteiger partial charge is 0.132 e. The van der Waals surface area contributed by atoms with Crippen molar-refractivity contribution in [1.82, 2.24) is 0 Å². The lowest BCUT2D eigenvalue weighted by Gasteiger charge is -2.43. The Morgan fingerprint density at radius 2 is 1.74 bits per heavy atom. The van der Waals surface area contributed by atoms with Crippen LogP contribution in [0.15, 0.2) is 72.8 Å². The highest BCUT2D eigenvalue weighted by Gasteiger charge is 2.45. The van der Waals surface area contributed by atoms with Gasteiger partial charge >= 0.3 is 0 Å². The molecule has 1 aliphatic heterocycles. The lowest BCUT2D eigenvalue weighted by molar-refractivity contribution is -0.153. The van der Waals surface area contributed by atoms with Gasteiger partial charge in [-0.05, 0) is 55.3 Å². The highest BCUT2D eigenvalue weighted by atomic mass is 19.1. The van der Waals surface area contributed by atoms with Crippen LogP contribution in [0.4, 0.5) is 10.1 Å². The molecule has 0 spiro atoms. The molecule has 0 aliphatic carbocycles. The van der Waals surface area contributed by atoms with E-state index in [2.05, 4.69) is 5.32 Å². The largest absolute Gasteiger partial charge is 0.485 e. The van der Waals surface area contributed by atoms with Gasteiger partial charge in [0.1, 0.15) is 29.4 Å². The van der Waals surface area contributed by atoms with Gasteiger partial charge < -0.3 is 19.5 Å². The molecule has 31 heavy (non-hydrogen) atoms. The van der Waals surface area contributed by atoms with Crippen molar-refractivity contribution in [2.45, 2.75) is 44.8 Å². The number of anilines is 1. The van der Waals surface area contributed by atoms with Gasteiger partial charge in [0, 0.05) is 24.9 Å². The summed E-state index contributed by atoms with van der Waals surface area (Å²) in [6.45, 7) is 5.02. The summed E-state index contributed by atoms with van der Waals surface area (Å²) in [6.07, 6.45) is -0.568. The molecule has 0 bridgehead atoms. The number of rotatable bonds is 7. The Morgan fingerprint density at radius 3 is 2.48 bits per heavy atom. The van der Waals surface area contributed by atoms with E-state index in [9.17, 15) is 4.39 Å². The lowest BCUT2D eigenvalue weighted by Crippen LogP contribution is -2.50. The van der Waals surface area contributed by atoms with E-state index in [1.165, 1.54) is 12.1 Å². The number of hydrogen-bond acceptors (Lipinski definition) is 4. The predicted molar refractivity (Wildman–Crippen MR) is 120 cm³/mol. The molecule has 0 aromatic heterocycles. The molecule has 2 atom stereocenters. The number of fused-ring (bicyclic) bond motifs is 1. The van der Waals surface area contributed by atoms with E-state index < -0.39 is 5.60 Å². The molecule has 0 amide bonds. The van der Waals surface area contributed by atoms with Crippen LogP contribution in [0.1, 0.15) is 36.6 Å². The Hall–Kier alpha value is -2.89. The van der Waals surface area contributed by atoms with E-state index in [-0.39, 0.29) is 18.0 Å². The maximum atomic E-state index is 13.5. The van der Waals surface area contributed by atoms with Crippen LogP contribution in [-0.2, 0) is 22.6 Å². The van der Waals surface area contributed by atoms with E-state index in [1.54, 1.807) is 13.2 Å². The Morgan fingerprint density at radius 1 is 0.968 bits per heavy atom. The van der Waals surface area contributed by atoms with Crippen molar-refractivity contribution in [3.63, 3.8) is 0 Å². The molecular formula is C26H28FNO3. The minimum Gasteiger partial charge on any atom is -0.485 e. The van der Waals surface area contributed by atoms with E-state index >= 15 is 0 Å². The highest BCUT2D eigenvalue weighted by Crippen LogP contribution is 2.44. The zero-order valence-electron chi connectivity index (χ0n) is 18.1. The molecule has 1 heterocycles. The molecule has 0 saturated carbocycles. The molecule has 5 heteroatoms. The second-order valence-corrected chi connectivity index (χ2v) is 8.32. The van der Waals surface area contributed by atoms with E-state index in [0.717, 1.165) is 28.1 Å². The molecule has 1 N–H and O–H groups in total. The maximum Gasteiger partial charge on any atom is 0.132 e. The minimum absolute atomic E-state index is 0.238. The summed E-state index contributed by atoms with van der Waals surface area (Å²) in [5.41, 5.74) is 3.28. The number of ether oxygens (including phenoxy) is 3. The van der Waals surface area contributed by atoms with Crippen molar-refractivity contribution in [2.75, 3.05) is 12.4 Å². The summed E-state index contributed by atoms with van der Waals surface area (Å²) in [4.78, 5) is 0. The molecule has 0 saturated heterocycles. The minimum atomic E-state index is -0.542. The van der Waals surface area contributed by atoms with Crippen LogP contribution in [0.5, 0.6) is 5.75 Å². The van der Waals surface area contributed by atoms with Crippen molar-refractivity contribution >= 4 is 5.69 Å². The van der Waals surface area contributed by atoms with E-state index in [1.807, 2.05) is 68.4 Å². The standard InChI is InChI=1S/C26H28FNO3/c1-26(2)25(29-3)24(30-17-18-8-5-4-6-9-18)22-15-21(12-13-23(22)31-26)28-16-19-10-7-11-20(27)14-19/h4-15,24-25,28H,16-17H2,1-3H3. The number of halogens is 1. The van der Waals surface area contributed by atoms with Gasteiger partial charge in [-0.3, -0.25) is 0 Å². The van der Waals surface area contributed by atoms with Crippen molar-refractivity contribution in [3.05, 3.63) is 95.3 Å². The SMILES string of the molecule is COC1C(OCc2ccccc2)c2cc(NCc3cccc(F)c3)ccc2OC1(C)C. The zero-order chi connectivity index (χ0) is 21.8. The van der Waals surface area contributed by atoms with Crippen LogP contribution in [0.25, 0.3) is 0 Å². The first-order valence-corrected chi connectivity index (χ1v) is 10.5. The third-order valence-corrected chi connectivity index (χ3v) is 5.56. The van der Waals surface area contributed by atoms with Gasteiger partial charge in [0.05, 0.1) is 6.61 Å². The summed E-state index contributed by atoms with van der Waals surface area (Å²) >= 11 is 0. The van der Waals surface area contributed by atoms with Crippen LogP contribution in [0.2, 0.25) is 0 Å². The van der Waals surface area contributed by atoms with E-state index in [0.29, 0.717) is 13.2 Å². The van der Waals surface area contributed by atoms with Gasteiger partial charge in [-0.1, -0.05) is 42.5 Å². The summed E-state index contributed by atoms with van der Waals surface area (Å²) in [5.74, 6) is 0.547. The molecule has 1 aliphatic rings. The number of hydrogen-bond donors (Lipinski definition) is 1. The third kappa shape index (κ3) is 4.89. The first-order valence-electron chi connectivity index (χ1n) is 10.5. The van der Waals surface area contributed by atoms with Crippen LogP contribution in [0.3, 0.4) is 0 Å². The number of methoxy groups -OCH3 is 1. The van der Waals surface area contributed by atoms with Crippen LogP contribution < -0.4 is 10.1 Å². The fourth-order valence-electron chi connectivity index (χ4n) is 4.04. The average molecular weight is 422 g/mol. The molecule has 3 aromatic rings. The summed E-state index contributed by atoms with van der Waals surface area (Å²) < 4.78 is 32.0. The second kappa shape index (κ2) is 9.08. The molecule has 4 rings (SSSR count). The lowest BCUT2D eigenvalue weighted by atomic mass is 9.88. The first kappa shape index (κ1) is 21.3. The highest BCUT2D eigenvalue weighted by molar-refractivity contribution is 5.54. The molecule has 4 nitrogen and oxygen atoms in total. The molecule has 0 fully saturated rings. The third-order valence-electron chi connectivity index (χ3n) is 5.56. The van der Waals surface area contributed by atoms with Crippen molar-refractivity contribution in [1.29, 1.82) is 0 Å². The molecular weight excluding hydrogens is 393 g/mol. The molecule has 162 valence electrons. The topological polar surface area (TPSA) is 39.7 Å². The Bertz CT molecular complexity index is 1020. The normalized spacial score (nSPS) is 19.4. The van der Waals surface area contributed by atoms with Gasteiger partial charge in [-0.15, -0.1) is 0 Å². The predicted octanol–water partition coefficient (Wildman–Crippen LogP) is 5.88. The van der Waals surface area contributed by atoms with Crippen molar-refractivity contribution in [3.8, 4) is 5.75 Å². The van der Waals surface area contributed by atoms with Gasteiger partial charge in [-0.2, -0.15) is 0 Å². The Labute approximate surface area is 183 Å². The van der Waals surface area contributed by atoms with E-state index in [4.69, 9.17) is 14.2 Å². The monoisotopic (exact) mass is 421 g/mol. The fraction of sp³-hybridized carbons (Fsp3) is 0.308. The average Bonchev–Trinajstić information content (AvgIpc) is 2.76. The van der Waals surface area contributed by atoms with Gasteiger partial charge in [0.15, 0.2) is 0 Å². The summed E-state index contributed by atoms with van der Waals surface area (Å²) in [6, 6.07) is 22.6. The first-order chi connectivity index (χ1) is 15.0. The van der Waals surface area contributed by atoms with Gasteiger partial charge in [-0.25, -0.2) is 4.39 Å². The van der Waals surface area contributed by atoms with Crippen LogP contribution in [0, 0.1) is 5.82 Å². The molecule has 0 radical (unpaired) electrons. The zero-order valence-corrected chi connectivity index (χ0v) is 18.1. The molecule has 3 aromatic carbocycles. The van der Waals surface area contributed by atoms with Gasteiger partial charge in [0.2, 0.25) is 0 Å². The van der Waals surface area contributed by atoms with Crippen LogP contribution in [-0.4, -0.2) is 18.8 Å². The van der Waals surface area contributed by atoms with Crippen molar-refractivity contribution in [2.24, 2.45) is 0 Å². The fourth-order valence-corrected chi connectivity index (χ4v) is 4.04. The second-order valence-electron chi connectivity index (χ2n) is 8.32. The number of benzene rings is 3. The maximum absolute atomic E-state index is 13.5. The quantitative estimate of drug-likeness (QED) is 0.517. The Balaban J connectivity index is 1.58. The summed E-state index contributed by atoms with van der Waals surface area (Å²) in [5, 5.41) is 3.37. The van der Waals surface area contributed by atoms with Crippen LogP contribution >= 0.6 is 0 Å². The van der Waals surface area contributed by atoms with Crippen molar-refractivity contribution < 1.29 is 18.6 Å². The Kier molecular flexibility index (Phi) is 6.25. The van der Waals surface area contributed by atoms with Gasteiger partial charge in [0.25, 0.3) is 0 Å². The summed E-state index contributed by atoms with van der Waals surface area (Å²) in [7, 11) is 1.69.